The predicted octanol–water partition coefficient (Wildman–Crippen LogP) is 3.07. The van der Waals surface area contributed by atoms with E-state index in [9.17, 15) is 0 Å². The van der Waals surface area contributed by atoms with Crippen LogP contribution in [0.15, 0.2) is 24.3 Å². The zero-order chi connectivity index (χ0) is 12.3. The minimum Gasteiger partial charge on any atom is -0.329 e. The van der Waals surface area contributed by atoms with Crippen LogP contribution < -0.4 is 5.73 Å². The van der Waals surface area contributed by atoms with Crippen molar-refractivity contribution in [2.45, 2.75) is 25.8 Å². The first kappa shape index (κ1) is 12.9. The van der Waals surface area contributed by atoms with Gasteiger partial charge in [0.2, 0.25) is 0 Å². The lowest BCUT2D eigenvalue weighted by Gasteiger charge is -2.36. The van der Waals surface area contributed by atoms with E-state index in [-0.39, 0.29) is 0 Å². The molecular formula is C14H21ClN2. The second-order valence-electron chi connectivity index (χ2n) is 5.02. The maximum atomic E-state index is 5.93. The topological polar surface area (TPSA) is 29.3 Å². The van der Waals surface area contributed by atoms with Crippen molar-refractivity contribution in [3.8, 4) is 0 Å². The molecular weight excluding hydrogens is 232 g/mol. The van der Waals surface area contributed by atoms with Crippen LogP contribution in [0.3, 0.4) is 0 Å². The molecule has 17 heavy (non-hydrogen) atoms. The fourth-order valence-electron chi connectivity index (χ4n) is 2.52. The molecule has 1 saturated heterocycles. The van der Waals surface area contributed by atoms with Crippen molar-refractivity contribution < 1.29 is 0 Å². The van der Waals surface area contributed by atoms with E-state index in [1.54, 1.807) is 0 Å². The highest BCUT2D eigenvalue weighted by Gasteiger charge is 2.23. The van der Waals surface area contributed by atoms with Crippen LogP contribution >= 0.6 is 11.6 Å². The van der Waals surface area contributed by atoms with Crippen molar-refractivity contribution in [1.82, 2.24) is 4.90 Å². The van der Waals surface area contributed by atoms with Crippen molar-refractivity contribution in [2.24, 2.45) is 11.7 Å². The first-order chi connectivity index (χ1) is 8.20. The van der Waals surface area contributed by atoms with E-state index in [0.29, 0.717) is 12.6 Å². The fraction of sp³-hybridized carbons (Fsp3) is 0.571. The van der Waals surface area contributed by atoms with Gasteiger partial charge in [-0.1, -0.05) is 30.7 Å². The number of rotatable bonds is 3. The predicted molar refractivity (Wildman–Crippen MR) is 73.2 cm³/mol. The van der Waals surface area contributed by atoms with Crippen molar-refractivity contribution in [3.05, 3.63) is 34.9 Å². The molecule has 2 nitrogen and oxygen atoms in total. The second-order valence-corrected chi connectivity index (χ2v) is 5.46. The second kappa shape index (κ2) is 5.85. The first-order valence-corrected chi connectivity index (χ1v) is 6.78. The van der Waals surface area contributed by atoms with Crippen molar-refractivity contribution >= 4 is 11.6 Å². The van der Waals surface area contributed by atoms with E-state index in [2.05, 4.69) is 24.0 Å². The lowest BCUT2D eigenvalue weighted by Crippen LogP contribution is -2.39. The molecule has 0 saturated carbocycles. The van der Waals surface area contributed by atoms with E-state index in [1.165, 1.54) is 18.4 Å². The largest absolute Gasteiger partial charge is 0.329 e. The van der Waals surface area contributed by atoms with Gasteiger partial charge in [-0.05, 0) is 49.5 Å². The Balaban J connectivity index is 2.08. The van der Waals surface area contributed by atoms with Gasteiger partial charge in [0.15, 0.2) is 0 Å². The molecule has 1 aliphatic heterocycles. The minimum absolute atomic E-state index is 0.347. The maximum absolute atomic E-state index is 5.93. The van der Waals surface area contributed by atoms with Crippen LogP contribution in [0.4, 0.5) is 0 Å². The van der Waals surface area contributed by atoms with E-state index >= 15 is 0 Å². The van der Waals surface area contributed by atoms with Gasteiger partial charge in [-0.15, -0.1) is 0 Å². The normalized spacial score (nSPS) is 20.4. The van der Waals surface area contributed by atoms with Crippen molar-refractivity contribution in [3.63, 3.8) is 0 Å². The summed E-state index contributed by atoms with van der Waals surface area (Å²) in [5.74, 6) is 0.856. The number of likely N-dealkylation sites (tertiary alicyclic amines) is 1. The summed E-state index contributed by atoms with van der Waals surface area (Å²) in [6.07, 6.45) is 2.56. The highest BCUT2D eigenvalue weighted by atomic mass is 35.5. The van der Waals surface area contributed by atoms with Crippen molar-refractivity contribution in [2.75, 3.05) is 19.6 Å². The molecule has 1 aliphatic rings. The third-order valence-electron chi connectivity index (χ3n) is 3.74. The van der Waals surface area contributed by atoms with Gasteiger partial charge in [-0.3, -0.25) is 4.90 Å². The fourth-order valence-corrected chi connectivity index (χ4v) is 2.65. The number of halogens is 1. The number of nitrogens with zero attached hydrogens (tertiary/aromatic N) is 1. The molecule has 1 atom stereocenters. The average molecular weight is 253 g/mol. The SMILES string of the molecule is CC1CCN([C@H](CN)c2ccc(Cl)cc2)CC1. The van der Waals surface area contributed by atoms with E-state index in [1.807, 2.05) is 12.1 Å². The Morgan fingerprint density at radius 2 is 1.88 bits per heavy atom. The van der Waals surface area contributed by atoms with Crippen LogP contribution in [-0.4, -0.2) is 24.5 Å². The Hall–Kier alpha value is -0.570. The van der Waals surface area contributed by atoms with Crippen LogP contribution in [0.2, 0.25) is 5.02 Å². The summed E-state index contributed by atoms with van der Waals surface area (Å²) >= 11 is 5.92. The molecule has 0 amide bonds. The Bertz CT molecular complexity index is 342. The molecule has 0 spiro atoms. The highest BCUT2D eigenvalue weighted by Crippen LogP contribution is 2.26. The zero-order valence-electron chi connectivity index (χ0n) is 10.4. The molecule has 1 fully saturated rings. The molecule has 3 heteroatoms. The molecule has 0 radical (unpaired) electrons. The molecule has 0 bridgehead atoms. The Labute approximate surface area is 109 Å². The molecule has 2 N–H and O–H groups in total. The van der Waals surface area contributed by atoms with Gasteiger partial charge >= 0.3 is 0 Å². The molecule has 0 aromatic heterocycles. The quantitative estimate of drug-likeness (QED) is 0.896. The monoisotopic (exact) mass is 252 g/mol. The van der Waals surface area contributed by atoms with Crippen LogP contribution in [0.1, 0.15) is 31.4 Å². The zero-order valence-corrected chi connectivity index (χ0v) is 11.2. The average Bonchev–Trinajstić information content (AvgIpc) is 2.35. The lowest BCUT2D eigenvalue weighted by atomic mass is 9.96. The number of piperidine rings is 1. The van der Waals surface area contributed by atoms with Gasteiger partial charge in [0.05, 0.1) is 0 Å². The van der Waals surface area contributed by atoms with Gasteiger partial charge in [0.25, 0.3) is 0 Å². The van der Waals surface area contributed by atoms with Gasteiger partial charge in [0, 0.05) is 17.6 Å². The molecule has 2 rings (SSSR count). The molecule has 1 aromatic carbocycles. The summed E-state index contributed by atoms with van der Waals surface area (Å²) in [4.78, 5) is 2.50. The van der Waals surface area contributed by atoms with Gasteiger partial charge in [0.1, 0.15) is 0 Å². The summed E-state index contributed by atoms with van der Waals surface area (Å²) in [5, 5.41) is 0.789. The molecule has 0 aliphatic carbocycles. The standard InChI is InChI=1S/C14H21ClN2/c1-11-6-8-17(9-7-11)14(10-16)12-2-4-13(15)5-3-12/h2-5,11,14H,6-10,16H2,1H3/t14-/m1/s1. The van der Waals surface area contributed by atoms with Crippen LogP contribution in [-0.2, 0) is 0 Å². The van der Waals surface area contributed by atoms with Crippen LogP contribution in [0, 0.1) is 5.92 Å². The van der Waals surface area contributed by atoms with E-state index < -0.39 is 0 Å². The van der Waals surface area contributed by atoms with E-state index in [0.717, 1.165) is 24.0 Å². The molecule has 94 valence electrons. The summed E-state index contributed by atoms with van der Waals surface area (Å²) in [7, 11) is 0. The Kier molecular flexibility index (Phi) is 4.43. The smallest absolute Gasteiger partial charge is 0.0470 e. The summed E-state index contributed by atoms with van der Waals surface area (Å²) in [6, 6.07) is 8.44. The Morgan fingerprint density at radius 1 is 1.29 bits per heavy atom. The van der Waals surface area contributed by atoms with E-state index in [4.69, 9.17) is 17.3 Å². The Morgan fingerprint density at radius 3 is 2.41 bits per heavy atom. The van der Waals surface area contributed by atoms with Gasteiger partial charge in [-0.2, -0.15) is 0 Å². The highest BCUT2D eigenvalue weighted by molar-refractivity contribution is 6.30. The van der Waals surface area contributed by atoms with Crippen LogP contribution in [0.5, 0.6) is 0 Å². The lowest BCUT2D eigenvalue weighted by molar-refractivity contribution is 0.141. The number of hydrogen-bond donors (Lipinski definition) is 1. The third kappa shape index (κ3) is 3.21. The minimum atomic E-state index is 0.347. The molecule has 0 unspecified atom stereocenters. The van der Waals surface area contributed by atoms with Gasteiger partial charge in [-0.25, -0.2) is 0 Å². The number of nitrogens with two attached hydrogens (primary N) is 1. The first-order valence-electron chi connectivity index (χ1n) is 6.40. The molecule has 1 aromatic rings. The maximum Gasteiger partial charge on any atom is 0.0470 e. The summed E-state index contributed by atoms with van der Waals surface area (Å²) < 4.78 is 0. The molecule has 1 heterocycles. The summed E-state index contributed by atoms with van der Waals surface area (Å²) in [5.41, 5.74) is 7.22. The van der Waals surface area contributed by atoms with Crippen molar-refractivity contribution in [1.29, 1.82) is 0 Å². The third-order valence-corrected chi connectivity index (χ3v) is 3.99. The summed E-state index contributed by atoms with van der Waals surface area (Å²) in [6.45, 7) is 5.32. The van der Waals surface area contributed by atoms with Gasteiger partial charge < -0.3 is 5.73 Å². The van der Waals surface area contributed by atoms with Crippen LogP contribution in [0.25, 0.3) is 0 Å². The number of benzene rings is 1. The number of hydrogen-bond acceptors (Lipinski definition) is 2.